The first-order chi connectivity index (χ1) is 13.1. The number of guanidine groups is 1. The van der Waals surface area contributed by atoms with E-state index in [4.69, 9.17) is 28.9 Å². The van der Waals surface area contributed by atoms with E-state index in [1.54, 1.807) is 32.0 Å². The van der Waals surface area contributed by atoms with E-state index in [-0.39, 0.29) is 11.9 Å². The molecule has 1 aromatic carbocycles. The fourth-order valence-corrected chi connectivity index (χ4v) is 2.84. The molecule has 0 aliphatic carbocycles. The molecule has 0 amide bonds. The van der Waals surface area contributed by atoms with Crippen molar-refractivity contribution in [2.24, 2.45) is 10.7 Å². The Labute approximate surface area is 175 Å². The summed E-state index contributed by atoms with van der Waals surface area (Å²) in [6, 6.07) is 6.97. The van der Waals surface area contributed by atoms with Crippen LogP contribution in [0.15, 0.2) is 29.3 Å². The highest BCUT2D eigenvalue weighted by atomic mass is 35.5. The van der Waals surface area contributed by atoms with Gasteiger partial charge in [-0.2, -0.15) is 9.98 Å². The third kappa shape index (κ3) is 6.51. The van der Waals surface area contributed by atoms with Gasteiger partial charge in [-0.05, 0) is 45.4 Å². The van der Waals surface area contributed by atoms with Gasteiger partial charge in [0.1, 0.15) is 5.82 Å². The number of nitrogens with two attached hydrogens (primary N) is 1. The van der Waals surface area contributed by atoms with Crippen molar-refractivity contribution < 1.29 is 5.11 Å². The van der Waals surface area contributed by atoms with Crippen molar-refractivity contribution in [3.05, 3.63) is 40.0 Å². The summed E-state index contributed by atoms with van der Waals surface area (Å²) in [4.78, 5) is 15.2. The Hall–Kier alpha value is -2.09. The molecule has 0 saturated carbocycles. The van der Waals surface area contributed by atoms with Crippen molar-refractivity contribution in [1.29, 1.82) is 0 Å². The first-order valence-corrected chi connectivity index (χ1v) is 9.78. The van der Waals surface area contributed by atoms with E-state index in [9.17, 15) is 5.11 Å². The number of rotatable bonds is 7. The van der Waals surface area contributed by atoms with Crippen molar-refractivity contribution in [2.75, 3.05) is 23.3 Å². The van der Waals surface area contributed by atoms with Crippen LogP contribution in [-0.2, 0) is 6.42 Å². The van der Waals surface area contributed by atoms with E-state index in [0.717, 1.165) is 12.1 Å². The van der Waals surface area contributed by atoms with E-state index in [1.807, 2.05) is 24.8 Å². The normalized spacial score (nSPS) is 12.2. The smallest absolute Gasteiger partial charge is 0.254 e. The predicted octanol–water partition coefficient (Wildman–Crippen LogP) is 4.00. The summed E-state index contributed by atoms with van der Waals surface area (Å²) in [6.07, 6.45) is 0.720. The Morgan fingerprint density at radius 3 is 2.50 bits per heavy atom. The van der Waals surface area contributed by atoms with Crippen LogP contribution in [0.4, 0.5) is 17.5 Å². The summed E-state index contributed by atoms with van der Waals surface area (Å²) in [5.74, 6) is 1.06. The molecule has 1 aromatic heterocycles. The molecule has 0 bridgehead atoms. The fraction of sp³-hybridized carbons (Fsp3) is 0.421. The Balaban J connectivity index is 2.30. The lowest BCUT2D eigenvalue weighted by molar-refractivity contribution is 0.0874. The number of halogens is 2. The first kappa shape index (κ1) is 22.2. The lowest BCUT2D eigenvalue weighted by Gasteiger charge is -2.29. The van der Waals surface area contributed by atoms with Gasteiger partial charge in [0.2, 0.25) is 5.96 Å². The summed E-state index contributed by atoms with van der Waals surface area (Å²) in [7, 11) is 0. The van der Waals surface area contributed by atoms with Crippen molar-refractivity contribution in [3.8, 4) is 0 Å². The number of aryl methyl sites for hydroxylation is 1. The first-order valence-electron chi connectivity index (χ1n) is 9.02. The zero-order chi connectivity index (χ0) is 20.9. The molecule has 2 aromatic rings. The minimum Gasteiger partial charge on any atom is -0.389 e. The average molecular weight is 425 g/mol. The van der Waals surface area contributed by atoms with E-state index in [1.165, 1.54) is 0 Å². The Kier molecular flexibility index (Phi) is 7.46. The molecule has 9 heteroatoms. The van der Waals surface area contributed by atoms with Crippen LogP contribution in [0.25, 0.3) is 0 Å². The van der Waals surface area contributed by atoms with Crippen LogP contribution in [0.2, 0.25) is 10.0 Å². The zero-order valence-electron chi connectivity index (χ0n) is 16.5. The standard InChI is InChI=1S/C19H26Cl2N6O/c1-5-12-10-16(27(6-2)11-19(3,4)28)25-18(24-12)26-17(22)23-13-7-8-14(20)15(21)9-13/h7-10,28H,5-6,11H2,1-4H3,(H3,22,23,24,25,26). The zero-order valence-corrected chi connectivity index (χ0v) is 18.0. The van der Waals surface area contributed by atoms with E-state index >= 15 is 0 Å². The molecule has 0 radical (unpaired) electrons. The van der Waals surface area contributed by atoms with Gasteiger partial charge >= 0.3 is 0 Å². The molecule has 0 fully saturated rings. The third-order valence-corrected chi connectivity index (χ3v) is 4.55. The molecular weight excluding hydrogens is 399 g/mol. The Bertz CT molecular complexity index is 851. The number of nitrogens with one attached hydrogen (secondary N) is 1. The van der Waals surface area contributed by atoms with Crippen LogP contribution in [0, 0.1) is 0 Å². The van der Waals surface area contributed by atoms with E-state index in [2.05, 4.69) is 20.3 Å². The van der Waals surface area contributed by atoms with Gasteiger partial charge in [0.25, 0.3) is 5.95 Å². The van der Waals surface area contributed by atoms with Gasteiger partial charge in [-0.15, -0.1) is 0 Å². The maximum absolute atomic E-state index is 10.2. The molecule has 1 heterocycles. The number of hydrogen-bond acceptors (Lipinski definition) is 5. The summed E-state index contributed by atoms with van der Waals surface area (Å²) in [6.45, 7) is 8.64. The van der Waals surface area contributed by atoms with Crippen LogP contribution in [-0.4, -0.2) is 39.7 Å². The van der Waals surface area contributed by atoms with Crippen molar-refractivity contribution >= 4 is 46.6 Å². The molecule has 0 saturated heterocycles. The van der Waals surface area contributed by atoms with Gasteiger partial charge in [0, 0.05) is 30.5 Å². The van der Waals surface area contributed by atoms with Crippen molar-refractivity contribution in [3.63, 3.8) is 0 Å². The van der Waals surface area contributed by atoms with Crippen molar-refractivity contribution in [1.82, 2.24) is 9.97 Å². The van der Waals surface area contributed by atoms with Gasteiger partial charge in [0.15, 0.2) is 0 Å². The number of aliphatic hydroxyl groups is 1. The summed E-state index contributed by atoms with van der Waals surface area (Å²) >= 11 is 11.9. The quantitative estimate of drug-likeness (QED) is 0.458. The summed E-state index contributed by atoms with van der Waals surface area (Å²) in [5, 5.41) is 14.0. The SMILES string of the molecule is CCc1cc(N(CC)CC(C)(C)O)nc(/N=C(\N)Nc2ccc(Cl)c(Cl)c2)n1. The second kappa shape index (κ2) is 9.41. The number of anilines is 2. The molecule has 4 N–H and O–H groups in total. The summed E-state index contributed by atoms with van der Waals surface area (Å²) < 4.78 is 0. The average Bonchev–Trinajstić information content (AvgIpc) is 2.61. The molecule has 28 heavy (non-hydrogen) atoms. The molecule has 2 rings (SSSR count). The maximum Gasteiger partial charge on any atom is 0.254 e. The van der Waals surface area contributed by atoms with Gasteiger partial charge in [0.05, 0.1) is 15.6 Å². The second-order valence-corrected chi connectivity index (χ2v) is 7.76. The maximum atomic E-state index is 10.2. The number of nitrogens with zero attached hydrogens (tertiary/aromatic N) is 4. The monoisotopic (exact) mass is 424 g/mol. The van der Waals surface area contributed by atoms with Crippen LogP contribution in [0.1, 0.15) is 33.4 Å². The molecule has 0 aliphatic heterocycles. The number of hydrogen-bond donors (Lipinski definition) is 3. The van der Waals surface area contributed by atoms with Crippen LogP contribution >= 0.6 is 23.2 Å². The lowest BCUT2D eigenvalue weighted by Crippen LogP contribution is -2.39. The largest absolute Gasteiger partial charge is 0.389 e. The highest BCUT2D eigenvalue weighted by Crippen LogP contribution is 2.25. The molecule has 0 atom stereocenters. The Morgan fingerprint density at radius 2 is 1.93 bits per heavy atom. The summed E-state index contributed by atoms with van der Waals surface area (Å²) in [5.41, 5.74) is 6.64. The van der Waals surface area contributed by atoms with Crippen LogP contribution in [0.5, 0.6) is 0 Å². The van der Waals surface area contributed by atoms with E-state index < -0.39 is 5.60 Å². The molecule has 0 aliphatic rings. The highest BCUT2D eigenvalue weighted by molar-refractivity contribution is 6.42. The fourth-order valence-electron chi connectivity index (χ4n) is 2.54. The predicted molar refractivity (Wildman–Crippen MR) is 117 cm³/mol. The van der Waals surface area contributed by atoms with Crippen LogP contribution < -0.4 is 16.0 Å². The van der Waals surface area contributed by atoms with Gasteiger partial charge in [-0.1, -0.05) is 30.1 Å². The molecule has 0 unspecified atom stereocenters. The number of aliphatic imine (C=N–C) groups is 1. The number of benzene rings is 1. The van der Waals surface area contributed by atoms with E-state index in [0.29, 0.717) is 34.6 Å². The molecule has 7 nitrogen and oxygen atoms in total. The second-order valence-electron chi connectivity index (χ2n) is 6.95. The Morgan fingerprint density at radius 1 is 1.21 bits per heavy atom. The molecule has 0 spiro atoms. The highest BCUT2D eigenvalue weighted by Gasteiger charge is 2.19. The van der Waals surface area contributed by atoms with Crippen molar-refractivity contribution in [2.45, 2.75) is 39.7 Å². The number of aromatic nitrogens is 2. The molecular formula is C19H26Cl2N6O. The van der Waals surface area contributed by atoms with Gasteiger partial charge in [-0.3, -0.25) is 0 Å². The minimum absolute atomic E-state index is 0.128. The molecule has 152 valence electrons. The van der Waals surface area contributed by atoms with Gasteiger partial charge < -0.3 is 21.1 Å². The topological polar surface area (TPSA) is 99.7 Å². The van der Waals surface area contributed by atoms with Crippen LogP contribution in [0.3, 0.4) is 0 Å². The number of likely N-dealkylation sites (N-methyl/N-ethyl adjacent to an activating group) is 1. The van der Waals surface area contributed by atoms with Gasteiger partial charge in [-0.25, -0.2) is 4.98 Å². The minimum atomic E-state index is -0.856. The lowest BCUT2D eigenvalue weighted by atomic mass is 10.1. The third-order valence-electron chi connectivity index (χ3n) is 3.81.